The molecule has 0 radical (unpaired) electrons. The Balaban J connectivity index is 2.57. The summed E-state index contributed by atoms with van der Waals surface area (Å²) < 4.78 is 6.21. The van der Waals surface area contributed by atoms with Gasteiger partial charge in [0.15, 0.2) is 0 Å². The van der Waals surface area contributed by atoms with Crippen molar-refractivity contribution in [3.8, 4) is 5.75 Å². The van der Waals surface area contributed by atoms with Crippen molar-refractivity contribution in [1.29, 1.82) is 0 Å². The molecule has 0 spiro atoms. The summed E-state index contributed by atoms with van der Waals surface area (Å²) in [6.07, 6.45) is 0. The molecule has 2 rings (SSSR count). The minimum Gasteiger partial charge on any atom is -0.496 e. The number of benzene rings is 2. The molecule has 3 nitrogen and oxygen atoms in total. The lowest BCUT2D eigenvalue weighted by Crippen LogP contribution is -2.29. The normalized spacial score (nSPS) is 12.3. The summed E-state index contributed by atoms with van der Waals surface area (Å²) in [6.45, 7) is 4.05. The van der Waals surface area contributed by atoms with E-state index in [9.17, 15) is 0 Å². The molecule has 0 aliphatic carbocycles. The fraction of sp³-hybridized carbons (Fsp3) is 0.250. The monoisotopic (exact) mass is 368 g/mol. The molecule has 21 heavy (non-hydrogen) atoms. The second-order valence-corrected chi connectivity index (χ2v) is 6.15. The van der Waals surface area contributed by atoms with Gasteiger partial charge in [-0.3, -0.25) is 5.84 Å². The van der Waals surface area contributed by atoms with Crippen LogP contribution in [0.5, 0.6) is 5.75 Å². The van der Waals surface area contributed by atoms with Crippen molar-refractivity contribution in [2.75, 3.05) is 7.11 Å². The summed E-state index contributed by atoms with van der Waals surface area (Å²) in [4.78, 5) is 0. The first-order valence-corrected chi connectivity index (χ1v) is 7.71. The van der Waals surface area contributed by atoms with Crippen molar-refractivity contribution < 1.29 is 4.74 Å². The van der Waals surface area contributed by atoms with Crippen LogP contribution in [-0.2, 0) is 0 Å². The highest BCUT2D eigenvalue weighted by atomic mass is 79.9. The van der Waals surface area contributed by atoms with Crippen LogP contribution in [0.4, 0.5) is 0 Å². The van der Waals surface area contributed by atoms with Gasteiger partial charge in [0.25, 0.3) is 0 Å². The van der Waals surface area contributed by atoms with E-state index in [0.717, 1.165) is 32.5 Å². The third-order valence-corrected chi connectivity index (χ3v) is 4.86. The zero-order valence-electron chi connectivity index (χ0n) is 12.2. The highest BCUT2D eigenvalue weighted by Gasteiger charge is 2.20. The molecule has 0 aliphatic rings. The van der Waals surface area contributed by atoms with Crippen molar-refractivity contribution in [2.45, 2.75) is 19.9 Å². The lowest BCUT2D eigenvalue weighted by Gasteiger charge is -2.22. The molecule has 0 bridgehead atoms. The number of halogens is 2. The van der Waals surface area contributed by atoms with E-state index in [1.54, 1.807) is 7.11 Å². The first kappa shape index (κ1) is 16.3. The van der Waals surface area contributed by atoms with E-state index in [1.165, 1.54) is 0 Å². The van der Waals surface area contributed by atoms with E-state index < -0.39 is 0 Å². The largest absolute Gasteiger partial charge is 0.496 e. The highest BCUT2D eigenvalue weighted by Crippen LogP contribution is 2.35. The summed E-state index contributed by atoms with van der Waals surface area (Å²) in [6, 6.07) is 9.74. The van der Waals surface area contributed by atoms with E-state index in [1.807, 2.05) is 38.1 Å². The quantitative estimate of drug-likeness (QED) is 0.624. The molecular formula is C16H18BrClN2O. The first-order chi connectivity index (χ1) is 9.99. The molecule has 0 amide bonds. The Hall–Kier alpha value is -1.07. The van der Waals surface area contributed by atoms with Crippen LogP contribution in [0.15, 0.2) is 34.8 Å². The SMILES string of the molecule is COc1cc(C)c(C(NN)c2cccc(Br)c2Cl)cc1C. The van der Waals surface area contributed by atoms with Gasteiger partial charge in [-0.2, -0.15) is 0 Å². The Morgan fingerprint density at radius 2 is 1.90 bits per heavy atom. The van der Waals surface area contributed by atoms with Gasteiger partial charge in [0, 0.05) is 4.47 Å². The van der Waals surface area contributed by atoms with Crippen molar-refractivity contribution in [3.05, 3.63) is 62.1 Å². The molecule has 112 valence electrons. The summed E-state index contributed by atoms with van der Waals surface area (Å²) in [7, 11) is 1.67. The Kier molecular flexibility index (Phi) is 5.27. The molecule has 5 heteroatoms. The van der Waals surface area contributed by atoms with Gasteiger partial charge in [-0.1, -0.05) is 29.8 Å². The Morgan fingerprint density at radius 3 is 2.52 bits per heavy atom. The summed E-state index contributed by atoms with van der Waals surface area (Å²) >= 11 is 9.85. The van der Waals surface area contributed by atoms with Crippen LogP contribution in [-0.4, -0.2) is 7.11 Å². The molecule has 0 aromatic heterocycles. The summed E-state index contributed by atoms with van der Waals surface area (Å²) in [5, 5.41) is 0.660. The number of nitrogens with two attached hydrogens (primary N) is 1. The van der Waals surface area contributed by atoms with Crippen LogP contribution >= 0.6 is 27.5 Å². The topological polar surface area (TPSA) is 47.3 Å². The van der Waals surface area contributed by atoms with E-state index in [4.69, 9.17) is 22.2 Å². The molecule has 1 unspecified atom stereocenters. The second-order valence-electron chi connectivity index (χ2n) is 4.92. The van der Waals surface area contributed by atoms with Gasteiger partial charge >= 0.3 is 0 Å². The smallest absolute Gasteiger partial charge is 0.122 e. The Labute approximate surface area is 138 Å². The number of ether oxygens (including phenoxy) is 1. The number of methoxy groups -OCH3 is 1. The van der Waals surface area contributed by atoms with Gasteiger partial charge in [-0.05, 0) is 64.2 Å². The van der Waals surface area contributed by atoms with E-state index in [2.05, 4.69) is 27.4 Å². The molecule has 0 saturated carbocycles. The van der Waals surface area contributed by atoms with Crippen molar-refractivity contribution >= 4 is 27.5 Å². The average molecular weight is 370 g/mol. The van der Waals surface area contributed by atoms with Gasteiger partial charge in [-0.25, -0.2) is 5.43 Å². The average Bonchev–Trinajstić information content (AvgIpc) is 2.47. The number of rotatable bonds is 4. The molecule has 0 heterocycles. The summed E-state index contributed by atoms with van der Waals surface area (Å²) in [5.74, 6) is 6.66. The van der Waals surface area contributed by atoms with E-state index in [-0.39, 0.29) is 6.04 Å². The zero-order chi connectivity index (χ0) is 15.6. The second kappa shape index (κ2) is 6.79. The third-order valence-electron chi connectivity index (χ3n) is 3.55. The van der Waals surface area contributed by atoms with Crippen LogP contribution in [0.2, 0.25) is 5.02 Å². The Morgan fingerprint density at radius 1 is 1.19 bits per heavy atom. The van der Waals surface area contributed by atoms with Crippen LogP contribution < -0.4 is 16.0 Å². The van der Waals surface area contributed by atoms with Gasteiger partial charge in [0.05, 0.1) is 18.2 Å². The van der Waals surface area contributed by atoms with Crippen LogP contribution in [0.3, 0.4) is 0 Å². The lowest BCUT2D eigenvalue weighted by atomic mass is 9.93. The lowest BCUT2D eigenvalue weighted by molar-refractivity contribution is 0.411. The highest BCUT2D eigenvalue weighted by molar-refractivity contribution is 9.10. The fourth-order valence-electron chi connectivity index (χ4n) is 2.43. The van der Waals surface area contributed by atoms with Crippen molar-refractivity contribution in [2.24, 2.45) is 5.84 Å². The number of aryl methyl sites for hydroxylation is 2. The maximum Gasteiger partial charge on any atom is 0.122 e. The number of hydrazine groups is 1. The third kappa shape index (κ3) is 3.24. The van der Waals surface area contributed by atoms with Gasteiger partial charge in [-0.15, -0.1) is 0 Å². The van der Waals surface area contributed by atoms with Crippen molar-refractivity contribution in [3.63, 3.8) is 0 Å². The number of nitrogens with one attached hydrogen (secondary N) is 1. The fourth-order valence-corrected chi connectivity index (χ4v) is 3.05. The van der Waals surface area contributed by atoms with Crippen LogP contribution in [0, 0.1) is 13.8 Å². The van der Waals surface area contributed by atoms with E-state index >= 15 is 0 Å². The molecule has 2 aromatic carbocycles. The molecular weight excluding hydrogens is 352 g/mol. The van der Waals surface area contributed by atoms with Crippen LogP contribution in [0.25, 0.3) is 0 Å². The predicted molar refractivity (Wildman–Crippen MR) is 90.8 cm³/mol. The minimum absolute atomic E-state index is 0.181. The first-order valence-electron chi connectivity index (χ1n) is 6.54. The Bertz CT molecular complexity index is 661. The van der Waals surface area contributed by atoms with Gasteiger partial charge in [0.2, 0.25) is 0 Å². The number of hydrogen-bond donors (Lipinski definition) is 2. The molecule has 0 aliphatic heterocycles. The molecule has 3 N–H and O–H groups in total. The van der Waals surface area contributed by atoms with Gasteiger partial charge < -0.3 is 4.74 Å². The molecule has 2 aromatic rings. The molecule has 1 atom stereocenters. The standard InChI is InChI=1S/C16H18BrClN2O/c1-9-8-14(21-3)10(2)7-12(9)16(20-19)11-5-4-6-13(17)15(11)18/h4-8,16,20H,19H2,1-3H3. The van der Waals surface area contributed by atoms with Gasteiger partial charge in [0.1, 0.15) is 5.75 Å². The zero-order valence-corrected chi connectivity index (χ0v) is 14.5. The molecule has 0 saturated heterocycles. The van der Waals surface area contributed by atoms with Crippen LogP contribution in [0.1, 0.15) is 28.3 Å². The van der Waals surface area contributed by atoms with E-state index in [0.29, 0.717) is 5.02 Å². The van der Waals surface area contributed by atoms with Crippen molar-refractivity contribution in [1.82, 2.24) is 5.43 Å². The summed E-state index contributed by atoms with van der Waals surface area (Å²) in [5.41, 5.74) is 7.03. The predicted octanol–water partition coefficient (Wildman–Crippen LogP) is 4.28. The number of hydrogen-bond acceptors (Lipinski definition) is 3. The maximum absolute atomic E-state index is 6.40. The minimum atomic E-state index is -0.181. The molecule has 0 fully saturated rings. The maximum atomic E-state index is 6.40.